The summed E-state index contributed by atoms with van der Waals surface area (Å²) in [5.41, 5.74) is -2.25. The first-order valence-electron chi connectivity index (χ1n) is 7.92. The quantitative estimate of drug-likeness (QED) is 0.381. The molecule has 5 atom stereocenters. The van der Waals surface area contributed by atoms with Crippen LogP contribution in [0.3, 0.4) is 0 Å². The van der Waals surface area contributed by atoms with E-state index in [1.165, 1.54) is 0 Å². The Morgan fingerprint density at radius 3 is 2.26 bits per heavy atom. The van der Waals surface area contributed by atoms with E-state index in [1.54, 1.807) is 0 Å². The monoisotopic (exact) mass is 392 g/mol. The van der Waals surface area contributed by atoms with Crippen LogP contribution in [-0.4, -0.2) is 66.0 Å². The van der Waals surface area contributed by atoms with Crippen molar-refractivity contribution in [1.29, 1.82) is 0 Å². The number of hydrogen-bond donors (Lipinski definition) is 6. The smallest absolute Gasteiger partial charge is 0.391 e. The Kier molecular flexibility index (Phi) is 6.22. The van der Waals surface area contributed by atoms with Crippen LogP contribution in [0.1, 0.15) is 18.2 Å². The number of halogens is 3. The molecule has 0 saturated heterocycles. The maximum atomic E-state index is 12.7. The molecule has 0 spiro atoms. The molecular weight excluding hydrogens is 373 g/mol. The summed E-state index contributed by atoms with van der Waals surface area (Å²) in [6.45, 7) is 1.16. The number of hydrogen-bond acceptors (Lipinski definition) is 7. The number of aliphatic hydroxyl groups is 5. The van der Waals surface area contributed by atoms with Crippen molar-refractivity contribution in [3.63, 3.8) is 0 Å². The maximum Gasteiger partial charge on any atom is 0.416 e. The van der Waals surface area contributed by atoms with Crippen LogP contribution in [0.5, 0.6) is 0 Å². The lowest BCUT2D eigenvalue weighted by molar-refractivity contribution is -0.137. The molecule has 1 unspecified atom stereocenters. The van der Waals surface area contributed by atoms with E-state index in [-0.39, 0.29) is 16.7 Å². The average Bonchev–Trinajstić information content (AvgIpc) is 2.58. The Bertz CT molecular complexity index is 854. The highest BCUT2D eigenvalue weighted by Crippen LogP contribution is 2.30. The van der Waals surface area contributed by atoms with Crippen molar-refractivity contribution in [1.82, 2.24) is 9.97 Å². The number of nitrogens with zero attached hydrogens (tertiary/aromatic N) is 1. The van der Waals surface area contributed by atoms with Gasteiger partial charge in [0, 0.05) is 6.42 Å². The summed E-state index contributed by atoms with van der Waals surface area (Å²) in [6, 6.07) is 2.55. The number of rotatable bonds is 6. The molecule has 8 nitrogen and oxygen atoms in total. The normalized spacial score (nSPS) is 18.1. The lowest BCUT2D eigenvalue weighted by atomic mass is 9.97. The first-order chi connectivity index (χ1) is 12.4. The topological polar surface area (TPSA) is 147 Å². The molecule has 1 aromatic heterocycles. The van der Waals surface area contributed by atoms with Gasteiger partial charge in [-0.15, -0.1) is 0 Å². The number of benzene rings is 1. The summed E-state index contributed by atoms with van der Waals surface area (Å²) in [5, 5.41) is 48.3. The molecule has 0 saturated carbocycles. The van der Waals surface area contributed by atoms with Gasteiger partial charge in [-0.25, -0.2) is 4.98 Å². The molecule has 1 aromatic carbocycles. The van der Waals surface area contributed by atoms with Gasteiger partial charge in [0.15, 0.2) is 0 Å². The molecule has 0 aliphatic carbocycles. The number of nitrogens with one attached hydrogen (secondary N) is 1. The van der Waals surface area contributed by atoms with Crippen molar-refractivity contribution in [2.75, 3.05) is 0 Å². The second kappa shape index (κ2) is 7.90. The standard InChI is InChI=1S/C16H19F3N2O6/c1-6(22)12(24)14(26)13(25)11(23)5-10-15(27)21-9-4-7(16(17,18)19)2-3-8(9)20-10/h2-4,6,11-14,22-26H,5H2,1H3,(H,21,27)/t6?,11-,12-,13-,14-/m1/s1. The number of alkyl halides is 3. The van der Waals surface area contributed by atoms with E-state index >= 15 is 0 Å². The van der Waals surface area contributed by atoms with Crippen molar-refractivity contribution in [3.05, 3.63) is 39.8 Å². The van der Waals surface area contributed by atoms with E-state index in [9.17, 15) is 43.5 Å². The van der Waals surface area contributed by atoms with Crippen LogP contribution < -0.4 is 5.56 Å². The van der Waals surface area contributed by atoms with Gasteiger partial charge in [-0.1, -0.05) is 0 Å². The van der Waals surface area contributed by atoms with Crippen LogP contribution in [0, 0.1) is 0 Å². The summed E-state index contributed by atoms with van der Waals surface area (Å²) < 4.78 is 38.2. The molecule has 6 N–H and O–H groups in total. The van der Waals surface area contributed by atoms with E-state index in [4.69, 9.17) is 0 Å². The summed E-state index contributed by atoms with van der Waals surface area (Å²) in [4.78, 5) is 18.1. The van der Waals surface area contributed by atoms with Crippen molar-refractivity contribution in [2.45, 2.75) is 50.0 Å². The minimum Gasteiger partial charge on any atom is -0.391 e. The van der Waals surface area contributed by atoms with Gasteiger partial charge in [-0.3, -0.25) is 4.79 Å². The van der Waals surface area contributed by atoms with E-state index in [0.717, 1.165) is 25.1 Å². The number of aromatic amines is 1. The summed E-state index contributed by atoms with van der Waals surface area (Å²) in [5.74, 6) is 0. The number of aliphatic hydroxyl groups excluding tert-OH is 5. The zero-order valence-corrected chi connectivity index (χ0v) is 14.1. The molecule has 11 heteroatoms. The predicted octanol–water partition coefficient (Wildman–Crippen LogP) is -0.691. The molecule has 0 aliphatic heterocycles. The van der Waals surface area contributed by atoms with E-state index in [1.807, 2.05) is 0 Å². The zero-order valence-electron chi connectivity index (χ0n) is 14.1. The molecule has 0 amide bonds. The minimum atomic E-state index is -4.59. The Balaban J connectivity index is 2.26. The van der Waals surface area contributed by atoms with Gasteiger partial charge in [-0.05, 0) is 25.1 Å². The molecule has 0 fully saturated rings. The summed E-state index contributed by atoms with van der Waals surface area (Å²) in [7, 11) is 0. The third kappa shape index (κ3) is 4.82. The largest absolute Gasteiger partial charge is 0.416 e. The Hall–Kier alpha value is -2.05. The second-order valence-corrected chi connectivity index (χ2v) is 6.23. The highest BCUT2D eigenvalue weighted by molar-refractivity contribution is 5.75. The highest BCUT2D eigenvalue weighted by Gasteiger charge is 2.34. The van der Waals surface area contributed by atoms with Crippen LogP contribution in [0.2, 0.25) is 0 Å². The summed E-state index contributed by atoms with van der Waals surface area (Å²) in [6.07, 6.45) is -13.8. The maximum absolute atomic E-state index is 12.7. The molecule has 0 bridgehead atoms. The first kappa shape index (κ1) is 21.3. The molecule has 1 heterocycles. The van der Waals surface area contributed by atoms with Crippen LogP contribution >= 0.6 is 0 Å². The average molecular weight is 392 g/mol. The van der Waals surface area contributed by atoms with E-state index < -0.39 is 54.2 Å². The van der Waals surface area contributed by atoms with Crippen LogP contribution in [-0.2, 0) is 12.6 Å². The lowest BCUT2D eigenvalue weighted by Gasteiger charge is -2.27. The molecular formula is C16H19F3N2O6. The Morgan fingerprint density at radius 1 is 1.07 bits per heavy atom. The molecule has 0 aliphatic rings. The van der Waals surface area contributed by atoms with Crippen molar-refractivity contribution >= 4 is 11.0 Å². The fourth-order valence-corrected chi connectivity index (χ4v) is 2.47. The van der Waals surface area contributed by atoms with Crippen molar-refractivity contribution in [2.24, 2.45) is 0 Å². The fraction of sp³-hybridized carbons (Fsp3) is 0.500. The Morgan fingerprint density at radius 2 is 1.70 bits per heavy atom. The highest BCUT2D eigenvalue weighted by atomic mass is 19.4. The van der Waals surface area contributed by atoms with Gasteiger partial charge in [0.2, 0.25) is 0 Å². The predicted molar refractivity (Wildman–Crippen MR) is 86.8 cm³/mol. The minimum absolute atomic E-state index is 0.0313. The molecule has 27 heavy (non-hydrogen) atoms. The van der Waals surface area contributed by atoms with E-state index in [2.05, 4.69) is 9.97 Å². The fourth-order valence-electron chi connectivity index (χ4n) is 2.47. The van der Waals surface area contributed by atoms with Crippen molar-refractivity contribution < 1.29 is 38.7 Å². The van der Waals surface area contributed by atoms with Crippen molar-refractivity contribution in [3.8, 4) is 0 Å². The van der Waals surface area contributed by atoms with Crippen LogP contribution in [0.15, 0.2) is 23.0 Å². The van der Waals surface area contributed by atoms with Gasteiger partial charge in [0.05, 0.1) is 28.8 Å². The molecule has 150 valence electrons. The van der Waals surface area contributed by atoms with Gasteiger partial charge < -0.3 is 30.5 Å². The first-order valence-corrected chi connectivity index (χ1v) is 7.92. The van der Waals surface area contributed by atoms with Gasteiger partial charge >= 0.3 is 6.18 Å². The second-order valence-electron chi connectivity index (χ2n) is 6.23. The SMILES string of the molecule is CC(O)[C@@H](O)[C@@H](O)[C@H](O)[C@H](O)Cc1nc2ccc(C(F)(F)F)cc2[nH]c1=O. The number of aromatic nitrogens is 2. The number of fused-ring (bicyclic) bond motifs is 1. The third-order valence-electron chi connectivity index (χ3n) is 4.08. The van der Waals surface area contributed by atoms with E-state index in [0.29, 0.717) is 0 Å². The third-order valence-corrected chi connectivity index (χ3v) is 4.08. The van der Waals surface area contributed by atoms with Crippen LogP contribution in [0.4, 0.5) is 13.2 Å². The molecule has 2 aromatic rings. The Labute approximate surface area is 150 Å². The lowest BCUT2D eigenvalue weighted by Crippen LogP contribution is -2.49. The van der Waals surface area contributed by atoms with Gasteiger partial charge in [0.1, 0.15) is 24.0 Å². The zero-order chi connectivity index (χ0) is 20.5. The number of H-pyrrole nitrogens is 1. The van der Waals surface area contributed by atoms with Gasteiger partial charge in [0.25, 0.3) is 5.56 Å². The van der Waals surface area contributed by atoms with Gasteiger partial charge in [-0.2, -0.15) is 13.2 Å². The summed E-state index contributed by atoms with van der Waals surface area (Å²) >= 11 is 0. The molecule has 2 rings (SSSR count). The molecule has 0 radical (unpaired) electrons. The van der Waals surface area contributed by atoms with Crippen LogP contribution in [0.25, 0.3) is 11.0 Å².